The van der Waals surface area contributed by atoms with Gasteiger partial charge in [-0.05, 0) is 25.2 Å². The van der Waals surface area contributed by atoms with E-state index in [1.165, 1.54) is 18.2 Å². The summed E-state index contributed by atoms with van der Waals surface area (Å²) in [5.41, 5.74) is 0.436. The molecular formula is C11H10O2. The zero-order chi connectivity index (χ0) is 9.68. The fraction of sp³-hybridized carbons (Fsp3) is 0.0909. The second-order valence-corrected chi connectivity index (χ2v) is 2.58. The molecule has 1 rings (SSSR count). The third-order valence-corrected chi connectivity index (χ3v) is 1.56. The molecular weight excluding hydrogens is 164 g/mol. The monoisotopic (exact) mass is 174 g/mol. The van der Waals surface area contributed by atoms with E-state index in [9.17, 15) is 9.59 Å². The standard InChI is InChI=1S/C11H10O2/c1-2-3-4-5-9-8-10(12)6-7-11(9)13/h2-8H,1H3/b3-2-,5-4-. The summed E-state index contributed by atoms with van der Waals surface area (Å²) in [7, 11) is 0. The van der Waals surface area contributed by atoms with Crippen molar-refractivity contribution in [3.05, 3.63) is 48.1 Å². The smallest absolute Gasteiger partial charge is 0.186 e. The van der Waals surface area contributed by atoms with Gasteiger partial charge in [0.25, 0.3) is 0 Å². The van der Waals surface area contributed by atoms with Crippen LogP contribution in [0, 0.1) is 0 Å². The van der Waals surface area contributed by atoms with Crippen LogP contribution in [0.25, 0.3) is 0 Å². The van der Waals surface area contributed by atoms with Gasteiger partial charge in [0, 0.05) is 5.57 Å². The van der Waals surface area contributed by atoms with Gasteiger partial charge in [0.15, 0.2) is 11.6 Å². The Hall–Kier alpha value is -1.70. The van der Waals surface area contributed by atoms with Crippen molar-refractivity contribution in [3.63, 3.8) is 0 Å². The van der Waals surface area contributed by atoms with E-state index < -0.39 is 0 Å². The Kier molecular flexibility index (Phi) is 3.15. The van der Waals surface area contributed by atoms with E-state index >= 15 is 0 Å². The summed E-state index contributed by atoms with van der Waals surface area (Å²) < 4.78 is 0. The minimum absolute atomic E-state index is 0.125. The SMILES string of the molecule is C/C=C\C=C/C1=CC(=O)C=CC1=O. The highest BCUT2D eigenvalue weighted by Gasteiger charge is 2.09. The first-order valence-corrected chi connectivity index (χ1v) is 4.01. The van der Waals surface area contributed by atoms with Crippen LogP contribution in [0.4, 0.5) is 0 Å². The van der Waals surface area contributed by atoms with Crippen molar-refractivity contribution in [1.29, 1.82) is 0 Å². The van der Waals surface area contributed by atoms with Gasteiger partial charge in [-0.1, -0.05) is 24.3 Å². The van der Waals surface area contributed by atoms with Gasteiger partial charge in [0.2, 0.25) is 0 Å². The summed E-state index contributed by atoms with van der Waals surface area (Å²) in [5.74, 6) is -0.264. The van der Waals surface area contributed by atoms with E-state index in [2.05, 4.69) is 0 Å². The number of carbonyl (C=O) groups is 2. The van der Waals surface area contributed by atoms with Gasteiger partial charge in [0.05, 0.1) is 0 Å². The summed E-state index contributed by atoms with van der Waals surface area (Å²) in [5, 5.41) is 0. The molecule has 1 aliphatic carbocycles. The molecule has 0 radical (unpaired) electrons. The van der Waals surface area contributed by atoms with Crippen LogP contribution in [0.15, 0.2) is 48.1 Å². The lowest BCUT2D eigenvalue weighted by molar-refractivity contribution is -0.114. The topological polar surface area (TPSA) is 34.1 Å². The minimum Gasteiger partial charge on any atom is -0.290 e. The van der Waals surface area contributed by atoms with Crippen LogP contribution in [-0.4, -0.2) is 11.6 Å². The summed E-state index contributed by atoms with van der Waals surface area (Å²) in [4.78, 5) is 22.0. The van der Waals surface area contributed by atoms with Gasteiger partial charge in [-0.2, -0.15) is 0 Å². The van der Waals surface area contributed by atoms with E-state index in [0.29, 0.717) is 5.57 Å². The van der Waals surface area contributed by atoms with Crippen LogP contribution in [-0.2, 0) is 9.59 Å². The fourth-order valence-electron chi connectivity index (χ4n) is 0.927. The van der Waals surface area contributed by atoms with E-state index in [1.54, 1.807) is 18.2 Å². The van der Waals surface area contributed by atoms with Crippen molar-refractivity contribution in [2.75, 3.05) is 0 Å². The number of allylic oxidation sites excluding steroid dienone is 8. The number of carbonyl (C=O) groups excluding carboxylic acids is 2. The molecule has 66 valence electrons. The molecule has 0 amide bonds. The third kappa shape index (κ3) is 2.67. The summed E-state index contributed by atoms with van der Waals surface area (Å²) in [6, 6.07) is 0. The van der Waals surface area contributed by atoms with Gasteiger partial charge < -0.3 is 0 Å². The Morgan fingerprint density at radius 3 is 2.62 bits per heavy atom. The van der Waals surface area contributed by atoms with Crippen molar-refractivity contribution in [2.45, 2.75) is 6.92 Å². The zero-order valence-electron chi connectivity index (χ0n) is 7.36. The molecule has 0 spiro atoms. The highest BCUT2D eigenvalue weighted by atomic mass is 16.1. The van der Waals surface area contributed by atoms with E-state index in [-0.39, 0.29) is 11.6 Å². The predicted molar refractivity (Wildman–Crippen MR) is 51.2 cm³/mol. The number of hydrogen-bond donors (Lipinski definition) is 0. The highest BCUT2D eigenvalue weighted by molar-refractivity contribution is 6.18. The van der Waals surface area contributed by atoms with Crippen LogP contribution < -0.4 is 0 Å². The number of hydrogen-bond acceptors (Lipinski definition) is 2. The maximum Gasteiger partial charge on any atom is 0.186 e. The maximum atomic E-state index is 11.2. The van der Waals surface area contributed by atoms with Crippen LogP contribution in [0.5, 0.6) is 0 Å². The molecule has 0 aromatic rings. The fourth-order valence-corrected chi connectivity index (χ4v) is 0.927. The molecule has 0 aromatic heterocycles. The van der Waals surface area contributed by atoms with Crippen LogP contribution in [0.3, 0.4) is 0 Å². The summed E-state index contributed by atoms with van der Waals surface area (Å²) in [6.45, 7) is 1.88. The molecule has 0 aliphatic heterocycles. The van der Waals surface area contributed by atoms with Crippen molar-refractivity contribution >= 4 is 11.6 Å². The molecule has 0 bridgehead atoms. The minimum atomic E-state index is -0.139. The molecule has 0 saturated carbocycles. The largest absolute Gasteiger partial charge is 0.290 e. The Morgan fingerprint density at radius 2 is 1.92 bits per heavy atom. The van der Waals surface area contributed by atoms with E-state index in [0.717, 1.165) is 0 Å². The molecule has 1 aliphatic rings. The molecule has 2 nitrogen and oxygen atoms in total. The molecule has 0 heterocycles. The molecule has 0 atom stereocenters. The predicted octanol–water partition coefficient (Wildman–Crippen LogP) is 1.75. The molecule has 13 heavy (non-hydrogen) atoms. The first-order valence-electron chi connectivity index (χ1n) is 4.01. The summed E-state index contributed by atoms with van der Waals surface area (Å²) >= 11 is 0. The first-order chi connectivity index (χ1) is 6.24. The van der Waals surface area contributed by atoms with Crippen LogP contribution in [0.1, 0.15) is 6.92 Å². The lowest BCUT2D eigenvalue weighted by Gasteiger charge is -1.99. The molecule has 0 fully saturated rings. The Labute approximate surface area is 76.9 Å². The van der Waals surface area contributed by atoms with Crippen molar-refractivity contribution in [2.24, 2.45) is 0 Å². The Balaban J connectivity index is 2.79. The van der Waals surface area contributed by atoms with Crippen molar-refractivity contribution in [1.82, 2.24) is 0 Å². The number of rotatable bonds is 2. The second kappa shape index (κ2) is 4.36. The Morgan fingerprint density at radius 1 is 1.15 bits per heavy atom. The van der Waals surface area contributed by atoms with Crippen molar-refractivity contribution < 1.29 is 9.59 Å². The van der Waals surface area contributed by atoms with Crippen LogP contribution in [0.2, 0.25) is 0 Å². The average Bonchev–Trinajstić information content (AvgIpc) is 2.11. The highest BCUT2D eigenvalue weighted by Crippen LogP contribution is 2.06. The molecule has 0 unspecified atom stereocenters. The molecule has 2 heteroatoms. The van der Waals surface area contributed by atoms with Crippen LogP contribution >= 0.6 is 0 Å². The van der Waals surface area contributed by atoms with Gasteiger partial charge in [0.1, 0.15) is 0 Å². The number of ketones is 2. The zero-order valence-corrected chi connectivity index (χ0v) is 7.36. The maximum absolute atomic E-state index is 11.2. The molecule has 0 saturated heterocycles. The van der Waals surface area contributed by atoms with Gasteiger partial charge in [-0.15, -0.1) is 0 Å². The lowest BCUT2D eigenvalue weighted by Crippen LogP contribution is -2.05. The summed E-state index contributed by atoms with van der Waals surface area (Å²) in [6.07, 6.45) is 10.9. The first kappa shape index (κ1) is 9.39. The van der Waals surface area contributed by atoms with Gasteiger partial charge in [-0.25, -0.2) is 0 Å². The molecule has 0 N–H and O–H groups in total. The molecule has 0 aromatic carbocycles. The Bertz CT molecular complexity index is 341. The normalized spacial score (nSPS) is 17.5. The second-order valence-electron chi connectivity index (χ2n) is 2.58. The van der Waals surface area contributed by atoms with E-state index in [1.807, 2.05) is 13.0 Å². The third-order valence-electron chi connectivity index (χ3n) is 1.56. The lowest BCUT2D eigenvalue weighted by atomic mass is 10.0. The van der Waals surface area contributed by atoms with Gasteiger partial charge in [-0.3, -0.25) is 9.59 Å². The average molecular weight is 174 g/mol. The van der Waals surface area contributed by atoms with Gasteiger partial charge >= 0.3 is 0 Å². The quantitative estimate of drug-likeness (QED) is 0.472. The van der Waals surface area contributed by atoms with Crippen molar-refractivity contribution in [3.8, 4) is 0 Å². The van der Waals surface area contributed by atoms with E-state index in [4.69, 9.17) is 0 Å².